The summed E-state index contributed by atoms with van der Waals surface area (Å²) in [5.74, 6) is -2.75. The Morgan fingerprint density at radius 2 is 1.80 bits per heavy atom. The molecule has 0 radical (unpaired) electrons. The van der Waals surface area contributed by atoms with Gasteiger partial charge in [0.2, 0.25) is 11.8 Å². The van der Waals surface area contributed by atoms with Crippen LogP contribution in [-0.2, 0) is 23.9 Å². The average molecular weight is 786 g/mol. The lowest BCUT2D eigenvalue weighted by Gasteiger charge is -2.40. The minimum Gasteiger partial charge on any atom is -0.481 e. The number of likely N-dealkylation sites (tertiary alicyclic amines) is 1. The summed E-state index contributed by atoms with van der Waals surface area (Å²) in [5.41, 5.74) is 1.01. The van der Waals surface area contributed by atoms with Gasteiger partial charge in [-0.3, -0.25) is 28.9 Å². The molecule has 0 aliphatic carbocycles. The topological polar surface area (TPSA) is 158 Å². The molecular formula is C42H67N5O7S. The lowest BCUT2D eigenvalue weighted by molar-refractivity contribution is -0.143. The number of likely N-dealkylation sites (N-methyl/N-ethyl adjacent to an activating group) is 1. The van der Waals surface area contributed by atoms with E-state index in [0.717, 1.165) is 45.1 Å². The zero-order chi connectivity index (χ0) is 41.2. The van der Waals surface area contributed by atoms with E-state index in [2.05, 4.69) is 36.0 Å². The summed E-state index contributed by atoms with van der Waals surface area (Å²) >= 11 is 1.29. The predicted molar refractivity (Wildman–Crippen MR) is 219 cm³/mol. The van der Waals surface area contributed by atoms with Crippen molar-refractivity contribution in [2.75, 3.05) is 26.7 Å². The zero-order valence-corrected chi connectivity index (χ0v) is 35.5. The molecule has 13 heteroatoms. The second-order valence-electron chi connectivity index (χ2n) is 15.1. The van der Waals surface area contributed by atoms with Crippen molar-refractivity contribution < 1.29 is 33.8 Å². The number of carbonyl (C=O) groups excluding carboxylic acids is 4. The third-order valence-electron chi connectivity index (χ3n) is 10.2. The number of hydrogen-bond acceptors (Lipinski definition) is 9. The Morgan fingerprint density at radius 1 is 1.09 bits per heavy atom. The van der Waals surface area contributed by atoms with Gasteiger partial charge in [0, 0.05) is 49.5 Å². The van der Waals surface area contributed by atoms with Crippen molar-refractivity contribution in [2.45, 2.75) is 137 Å². The first-order chi connectivity index (χ1) is 26.1. The quantitative estimate of drug-likeness (QED) is 0.0735. The second kappa shape index (κ2) is 24.1. The van der Waals surface area contributed by atoms with Crippen molar-refractivity contribution in [3.05, 3.63) is 52.2 Å². The van der Waals surface area contributed by atoms with Crippen LogP contribution >= 0.6 is 11.3 Å². The highest BCUT2D eigenvalue weighted by molar-refractivity contribution is 7.09. The Labute approximate surface area is 333 Å². The minimum atomic E-state index is -1.05. The van der Waals surface area contributed by atoms with Gasteiger partial charge in [0.15, 0.2) is 5.78 Å². The molecule has 1 aromatic rings. The molecule has 1 saturated heterocycles. The highest BCUT2D eigenvalue weighted by Crippen LogP contribution is 2.32. The molecule has 0 saturated carbocycles. The number of thiazole rings is 1. The van der Waals surface area contributed by atoms with Crippen LogP contribution in [0.1, 0.15) is 135 Å². The van der Waals surface area contributed by atoms with Crippen molar-refractivity contribution in [3.8, 4) is 0 Å². The number of ketones is 1. The summed E-state index contributed by atoms with van der Waals surface area (Å²) in [5, 5.41) is 17.8. The maximum Gasteiger partial charge on any atom is 0.310 e. The number of carbonyl (C=O) groups is 5. The molecule has 6 unspecified atom stereocenters. The number of carboxylic acid groups (broad SMARTS) is 1. The zero-order valence-electron chi connectivity index (χ0n) is 34.7. The molecule has 12 nitrogen and oxygen atoms in total. The Morgan fingerprint density at radius 3 is 2.38 bits per heavy atom. The number of rotatable bonds is 24. The summed E-state index contributed by atoms with van der Waals surface area (Å²) < 4.78 is 6.39. The monoisotopic (exact) mass is 785 g/mol. The Kier molecular flexibility index (Phi) is 20.8. The first-order valence-corrected chi connectivity index (χ1v) is 21.0. The average Bonchev–Trinajstić information content (AvgIpc) is 3.65. The van der Waals surface area contributed by atoms with E-state index in [0.29, 0.717) is 42.3 Å². The van der Waals surface area contributed by atoms with Gasteiger partial charge in [-0.15, -0.1) is 11.3 Å². The largest absolute Gasteiger partial charge is 0.481 e. The number of ether oxygens (including phenoxy) is 1. The van der Waals surface area contributed by atoms with Crippen molar-refractivity contribution in [1.29, 1.82) is 0 Å². The first-order valence-electron chi connectivity index (χ1n) is 20.1. The van der Waals surface area contributed by atoms with E-state index in [1.54, 1.807) is 18.4 Å². The summed E-state index contributed by atoms with van der Waals surface area (Å²) in [6.07, 6.45) is 9.87. The number of hydrogen-bond donors (Lipinski definition) is 3. The number of nitrogens with one attached hydrogen (secondary N) is 2. The molecule has 1 aromatic heterocycles. The van der Waals surface area contributed by atoms with E-state index in [-0.39, 0.29) is 53.6 Å². The van der Waals surface area contributed by atoms with Crippen LogP contribution < -0.4 is 10.6 Å². The molecule has 55 heavy (non-hydrogen) atoms. The number of amides is 3. The van der Waals surface area contributed by atoms with E-state index < -0.39 is 29.9 Å². The van der Waals surface area contributed by atoms with E-state index in [1.807, 2.05) is 39.6 Å². The standard InChI is InChI=1S/C42H67N5O7S/c1-11-20-47(41(51)37(29(8)13-3)45-39(50)34-17-15-16-21-46(34)10)35(27(5)6)25-36(54-22-12-2)40-44-33(26-55-40)38(49)43-31(24-30(9)42(52)53)23-28(7)18-19-32(48)14-4/h18-19,24,26-27,29-30,34-37H,7,11-17,20-23,25H2,1-6,8-10H3,(H,43,49)(H,45,50)(H,52,53)/b19-18-,31-24?. The highest BCUT2D eigenvalue weighted by atomic mass is 32.1. The molecule has 1 fully saturated rings. The summed E-state index contributed by atoms with van der Waals surface area (Å²) in [4.78, 5) is 73.9. The number of piperidine rings is 1. The third kappa shape index (κ3) is 15.1. The summed E-state index contributed by atoms with van der Waals surface area (Å²) in [6.45, 7) is 21.3. The van der Waals surface area contributed by atoms with Crippen molar-refractivity contribution >= 4 is 40.8 Å². The van der Waals surface area contributed by atoms with E-state index >= 15 is 0 Å². The van der Waals surface area contributed by atoms with E-state index in [1.165, 1.54) is 30.4 Å². The van der Waals surface area contributed by atoms with Crippen LogP contribution in [0.3, 0.4) is 0 Å². The summed E-state index contributed by atoms with van der Waals surface area (Å²) in [6, 6.07) is -1.17. The number of aliphatic carboxylic acids is 1. The highest BCUT2D eigenvalue weighted by Gasteiger charge is 2.38. The Hall–Kier alpha value is -3.68. The van der Waals surface area contributed by atoms with Gasteiger partial charge >= 0.3 is 5.97 Å². The number of allylic oxidation sites excluding steroid dienone is 3. The fourth-order valence-corrected chi connectivity index (χ4v) is 7.44. The smallest absolute Gasteiger partial charge is 0.310 e. The lowest BCUT2D eigenvalue weighted by Crippen LogP contribution is -2.58. The van der Waals surface area contributed by atoms with E-state index in [4.69, 9.17) is 9.72 Å². The number of aromatic nitrogens is 1. The maximum atomic E-state index is 14.6. The Balaban J connectivity index is 2.41. The van der Waals surface area contributed by atoms with Gasteiger partial charge in [0.1, 0.15) is 22.8 Å². The fraction of sp³-hybridized carbons (Fsp3) is 0.667. The fourth-order valence-electron chi connectivity index (χ4n) is 6.58. The van der Waals surface area contributed by atoms with Gasteiger partial charge in [-0.1, -0.05) is 80.0 Å². The summed E-state index contributed by atoms with van der Waals surface area (Å²) in [7, 11) is 1.97. The molecule has 1 aliphatic rings. The van der Waals surface area contributed by atoms with Crippen molar-refractivity contribution in [2.24, 2.45) is 17.8 Å². The van der Waals surface area contributed by atoms with Crippen LogP contribution in [0.2, 0.25) is 0 Å². The molecule has 0 bridgehead atoms. The Bertz CT molecular complexity index is 1500. The molecular weight excluding hydrogens is 719 g/mol. The second-order valence-corrected chi connectivity index (χ2v) is 16.0. The number of carboxylic acids is 1. The molecule has 6 atom stereocenters. The van der Waals surface area contributed by atoms with Crippen LogP contribution in [0.5, 0.6) is 0 Å². The minimum absolute atomic E-state index is 0.0439. The molecule has 1 aliphatic heterocycles. The normalized spacial score (nSPS) is 18.0. The van der Waals surface area contributed by atoms with Gasteiger partial charge in [-0.2, -0.15) is 0 Å². The van der Waals surface area contributed by atoms with Gasteiger partial charge in [0.05, 0.1) is 12.0 Å². The lowest BCUT2D eigenvalue weighted by atomic mass is 9.92. The third-order valence-corrected chi connectivity index (χ3v) is 11.1. The molecule has 3 N–H and O–H groups in total. The van der Waals surface area contributed by atoms with Gasteiger partial charge in [-0.25, -0.2) is 4.98 Å². The molecule has 3 amide bonds. The predicted octanol–water partition coefficient (Wildman–Crippen LogP) is 7.10. The van der Waals surface area contributed by atoms with Crippen molar-refractivity contribution in [3.63, 3.8) is 0 Å². The molecule has 2 rings (SSSR count). The first kappa shape index (κ1) is 47.5. The molecule has 0 aromatic carbocycles. The number of nitrogens with zero attached hydrogens (tertiary/aromatic N) is 3. The van der Waals surface area contributed by atoms with Crippen LogP contribution in [-0.4, -0.2) is 94.2 Å². The SMILES string of the molecule is C=C(/C=C\C(=O)CC)CC(=CC(C)C(=O)O)NC(=O)c1csc(C(CC(C(C)C)N(CCC)C(=O)C(NC(=O)C2CCCCN2C)C(C)CC)OCCC)n1. The maximum absolute atomic E-state index is 14.6. The van der Waals surface area contributed by atoms with Crippen molar-refractivity contribution in [1.82, 2.24) is 25.4 Å². The van der Waals surface area contributed by atoms with Gasteiger partial charge in [-0.05, 0) is 69.7 Å². The molecule has 0 spiro atoms. The van der Waals surface area contributed by atoms with Crippen LogP contribution in [0.15, 0.2) is 41.5 Å². The van der Waals surface area contributed by atoms with Crippen LogP contribution in [0, 0.1) is 17.8 Å². The van der Waals surface area contributed by atoms with Gasteiger partial charge < -0.3 is 25.4 Å². The molecule has 308 valence electrons. The van der Waals surface area contributed by atoms with Crippen LogP contribution in [0.4, 0.5) is 0 Å². The van der Waals surface area contributed by atoms with Crippen LogP contribution in [0.25, 0.3) is 0 Å². The van der Waals surface area contributed by atoms with Gasteiger partial charge in [0.25, 0.3) is 5.91 Å². The van der Waals surface area contributed by atoms with E-state index in [9.17, 15) is 29.1 Å². The molecule has 2 heterocycles.